The second-order valence-electron chi connectivity index (χ2n) is 3.94. The third-order valence-corrected chi connectivity index (χ3v) is 2.71. The van der Waals surface area contributed by atoms with Crippen LogP contribution in [0.1, 0.15) is 15.9 Å². The first-order chi connectivity index (χ1) is 8.24. The van der Waals surface area contributed by atoms with Crippen molar-refractivity contribution >= 4 is 6.29 Å². The first kappa shape index (κ1) is 11.4. The zero-order valence-electron chi connectivity index (χ0n) is 9.94. The van der Waals surface area contributed by atoms with Crippen LogP contribution in [0.3, 0.4) is 0 Å². The highest BCUT2D eigenvalue weighted by Crippen LogP contribution is 2.26. The van der Waals surface area contributed by atoms with Crippen molar-refractivity contribution in [2.45, 2.75) is 6.92 Å². The van der Waals surface area contributed by atoms with Crippen molar-refractivity contribution in [1.29, 1.82) is 0 Å². The number of aldehydes is 1. The van der Waals surface area contributed by atoms with Crippen LogP contribution in [0.15, 0.2) is 42.5 Å². The van der Waals surface area contributed by atoms with Gasteiger partial charge in [-0.15, -0.1) is 0 Å². The van der Waals surface area contributed by atoms with Crippen molar-refractivity contribution in [2.24, 2.45) is 0 Å². The molecule has 2 aromatic rings. The van der Waals surface area contributed by atoms with Gasteiger partial charge in [-0.25, -0.2) is 0 Å². The van der Waals surface area contributed by atoms with Crippen molar-refractivity contribution in [1.82, 2.24) is 0 Å². The van der Waals surface area contributed by atoms with Gasteiger partial charge in [0.1, 0.15) is 5.75 Å². The molecule has 2 heteroatoms. The summed E-state index contributed by atoms with van der Waals surface area (Å²) in [5.74, 6) is 0.792. The topological polar surface area (TPSA) is 26.3 Å². The number of hydrogen-bond acceptors (Lipinski definition) is 2. The number of carbonyl (C=O) groups excluding carboxylic acids is 1. The quantitative estimate of drug-likeness (QED) is 0.749. The third-order valence-electron chi connectivity index (χ3n) is 2.71. The van der Waals surface area contributed by atoms with Crippen LogP contribution in [0.2, 0.25) is 0 Å². The molecule has 0 atom stereocenters. The summed E-state index contributed by atoms with van der Waals surface area (Å²) in [6.45, 7) is 1.97. The molecule has 2 nitrogen and oxygen atoms in total. The van der Waals surface area contributed by atoms with Crippen LogP contribution >= 0.6 is 0 Å². The van der Waals surface area contributed by atoms with Crippen LogP contribution in [0.5, 0.6) is 5.75 Å². The van der Waals surface area contributed by atoms with E-state index in [0.29, 0.717) is 5.56 Å². The predicted molar refractivity (Wildman–Crippen MR) is 68.6 cm³/mol. The van der Waals surface area contributed by atoms with Crippen LogP contribution in [0.4, 0.5) is 0 Å². The van der Waals surface area contributed by atoms with E-state index in [2.05, 4.69) is 0 Å². The number of hydrogen-bond donors (Lipinski definition) is 0. The molecule has 0 spiro atoms. The second-order valence-corrected chi connectivity index (χ2v) is 3.94. The molecule has 0 fully saturated rings. The Labute approximate surface area is 101 Å². The molecular weight excluding hydrogens is 212 g/mol. The standard InChI is InChI=1S/C15H14O2/c1-11-6-7-15(13(8-11)10-16)12-4-3-5-14(9-12)17-2/h3-10H,1-2H3. The molecule has 0 amide bonds. The molecule has 2 rings (SSSR count). The van der Waals surface area contributed by atoms with Crippen LogP contribution in [0.25, 0.3) is 11.1 Å². The lowest BCUT2D eigenvalue weighted by Gasteiger charge is -2.08. The van der Waals surface area contributed by atoms with Crippen molar-refractivity contribution in [3.63, 3.8) is 0 Å². The number of rotatable bonds is 3. The summed E-state index contributed by atoms with van der Waals surface area (Å²) >= 11 is 0. The summed E-state index contributed by atoms with van der Waals surface area (Å²) < 4.78 is 5.19. The van der Waals surface area contributed by atoms with E-state index in [1.54, 1.807) is 7.11 Å². The van der Waals surface area contributed by atoms with Gasteiger partial charge in [-0.3, -0.25) is 4.79 Å². The SMILES string of the molecule is COc1cccc(-c2ccc(C)cc2C=O)c1. The van der Waals surface area contributed by atoms with Gasteiger partial charge < -0.3 is 4.74 Å². The van der Waals surface area contributed by atoms with Gasteiger partial charge in [-0.1, -0.05) is 29.8 Å². The lowest BCUT2D eigenvalue weighted by atomic mass is 9.98. The Morgan fingerprint density at radius 1 is 1.12 bits per heavy atom. The Morgan fingerprint density at radius 3 is 2.65 bits per heavy atom. The lowest BCUT2D eigenvalue weighted by Crippen LogP contribution is -1.90. The fourth-order valence-electron chi connectivity index (χ4n) is 1.83. The molecule has 0 bridgehead atoms. The Hall–Kier alpha value is -2.09. The van der Waals surface area contributed by atoms with Gasteiger partial charge >= 0.3 is 0 Å². The minimum atomic E-state index is 0.707. The molecule has 0 radical (unpaired) electrons. The van der Waals surface area contributed by atoms with Gasteiger partial charge in [-0.2, -0.15) is 0 Å². The van der Waals surface area contributed by atoms with Crippen LogP contribution in [-0.2, 0) is 0 Å². The van der Waals surface area contributed by atoms with E-state index in [9.17, 15) is 4.79 Å². The molecule has 86 valence electrons. The van der Waals surface area contributed by atoms with Crippen molar-refractivity contribution in [3.8, 4) is 16.9 Å². The summed E-state index contributed by atoms with van der Waals surface area (Å²) in [5, 5.41) is 0. The highest BCUT2D eigenvalue weighted by molar-refractivity contribution is 5.88. The maximum absolute atomic E-state index is 11.1. The Morgan fingerprint density at radius 2 is 1.94 bits per heavy atom. The van der Waals surface area contributed by atoms with E-state index in [4.69, 9.17) is 4.74 Å². The smallest absolute Gasteiger partial charge is 0.150 e. The van der Waals surface area contributed by atoms with Gasteiger partial charge in [0.15, 0.2) is 6.29 Å². The number of ether oxygens (including phenoxy) is 1. The Kier molecular flexibility index (Phi) is 3.24. The van der Waals surface area contributed by atoms with E-state index < -0.39 is 0 Å². The summed E-state index contributed by atoms with van der Waals surface area (Å²) in [7, 11) is 1.63. The number of carbonyl (C=O) groups is 1. The van der Waals surface area contributed by atoms with E-state index >= 15 is 0 Å². The molecule has 0 heterocycles. The van der Waals surface area contributed by atoms with E-state index in [0.717, 1.165) is 28.7 Å². The maximum atomic E-state index is 11.1. The van der Waals surface area contributed by atoms with Crippen LogP contribution < -0.4 is 4.74 Å². The fraction of sp³-hybridized carbons (Fsp3) is 0.133. The molecule has 0 aliphatic heterocycles. The summed E-state index contributed by atoms with van der Waals surface area (Å²) in [6, 6.07) is 13.6. The van der Waals surface area contributed by atoms with Crippen LogP contribution in [-0.4, -0.2) is 13.4 Å². The second kappa shape index (κ2) is 4.83. The van der Waals surface area contributed by atoms with Crippen LogP contribution in [0, 0.1) is 6.92 Å². The molecule has 0 N–H and O–H groups in total. The average Bonchev–Trinajstić information content (AvgIpc) is 2.38. The van der Waals surface area contributed by atoms with E-state index in [1.165, 1.54) is 0 Å². The maximum Gasteiger partial charge on any atom is 0.150 e. The minimum Gasteiger partial charge on any atom is -0.497 e. The molecular formula is C15H14O2. The molecule has 0 saturated carbocycles. The number of benzene rings is 2. The predicted octanol–water partition coefficient (Wildman–Crippen LogP) is 3.48. The Balaban J connectivity index is 2.55. The first-order valence-corrected chi connectivity index (χ1v) is 5.45. The highest BCUT2D eigenvalue weighted by Gasteiger charge is 2.05. The zero-order valence-corrected chi connectivity index (χ0v) is 9.94. The minimum absolute atomic E-state index is 0.707. The molecule has 0 aliphatic carbocycles. The third kappa shape index (κ3) is 2.36. The highest BCUT2D eigenvalue weighted by atomic mass is 16.5. The van der Waals surface area contributed by atoms with Gasteiger partial charge in [0.05, 0.1) is 7.11 Å². The monoisotopic (exact) mass is 226 g/mol. The van der Waals surface area contributed by atoms with E-state index in [1.807, 2.05) is 49.4 Å². The summed E-state index contributed by atoms with van der Waals surface area (Å²) in [4.78, 5) is 11.1. The van der Waals surface area contributed by atoms with E-state index in [-0.39, 0.29) is 0 Å². The zero-order chi connectivity index (χ0) is 12.3. The van der Waals surface area contributed by atoms with Gasteiger partial charge in [0.2, 0.25) is 0 Å². The number of methoxy groups -OCH3 is 1. The average molecular weight is 226 g/mol. The molecule has 0 saturated heterocycles. The van der Waals surface area contributed by atoms with Gasteiger partial charge in [0.25, 0.3) is 0 Å². The summed E-state index contributed by atoms with van der Waals surface area (Å²) in [6.07, 6.45) is 0.891. The first-order valence-electron chi connectivity index (χ1n) is 5.45. The molecule has 0 aliphatic rings. The molecule has 0 unspecified atom stereocenters. The van der Waals surface area contributed by atoms with Gasteiger partial charge in [-0.05, 0) is 36.2 Å². The molecule has 0 aromatic heterocycles. The largest absolute Gasteiger partial charge is 0.497 e. The number of aryl methyl sites for hydroxylation is 1. The lowest BCUT2D eigenvalue weighted by molar-refractivity contribution is 0.112. The molecule has 17 heavy (non-hydrogen) atoms. The summed E-state index contributed by atoms with van der Waals surface area (Å²) in [5.41, 5.74) is 3.72. The van der Waals surface area contributed by atoms with Crippen molar-refractivity contribution < 1.29 is 9.53 Å². The Bertz CT molecular complexity index is 544. The fourth-order valence-corrected chi connectivity index (χ4v) is 1.83. The van der Waals surface area contributed by atoms with Crippen molar-refractivity contribution in [2.75, 3.05) is 7.11 Å². The van der Waals surface area contributed by atoms with Crippen molar-refractivity contribution in [3.05, 3.63) is 53.6 Å². The normalized spacial score (nSPS) is 10.0. The van der Waals surface area contributed by atoms with Gasteiger partial charge in [0, 0.05) is 5.56 Å². The molecule has 2 aromatic carbocycles.